The minimum absolute atomic E-state index is 0.199. The van der Waals surface area contributed by atoms with Gasteiger partial charge in [0.1, 0.15) is 11.9 Å². The maximum atomic E-state index is 12.0. The minimum Gasteiger partial charge on any atom is -0.384 e. The number of hydrogen-bond donors (Lipinski definition) is 1. The number of nitrogens with zero attached hydrogens (tertiary/aromatic N) is 5. The molecule has 0 spiro atoms. The van der Waals surface area contributed by atoms with E-state index in [1.165, 1.54) is 12.3 Å². The highest BCUT2D eigenvalue weighted by atomic mass is 32.2. The number of pyridine rings is 1. The third kappa shape index (κ3) is 4.47. The van der Waals surface area contributed by atoms with Gasteiger partial charge < -0.3 is 15.4 Å². The van der Waals surface area contributed by atoms with E-state index in [1.807, 2.05) is 4.90 Å². The first-order valence-electron chi connectivity index (χ1n) is 9.53. The number of nitrogen functional groups attached to an aromatic ring is 1. The van der Waals surface area contributed by atoms with Crippen LogP contribution in [0.3, 0.4) is 0 Å². The summed E-state index contributed by atoms with van der Waals surface area (Å²) in [5.41, 5.74) is 8.26. The van der Waals surface area contributed by atoms with Crippen LogP contribution < -0.4 is 10.6 Å². The Kier molecular flexibility index (Phi) is 5.54. The van der Waals surface area contributed by atoms with Crippen LogP contribution in [0.4, 0.5) is 11.8 Å². The highest BCUT2D eigenvalue weighted by molar-refractivity contribution is 7.90. The predicted molar refractivity (Wildman–Crippen MR) is 116 cm³/mol. The second kappa shape index (κ2) is 8.29. The Hall–Kier alpha value is -3.55. The van der Waals surface area contributed by atoms with Crippen molar-refractivity contribution in [1.82, 2.24) is 15.0 Å². The molecule has 1 aliphatic heterocycles. The molecule has 2 aromatic heterocycles. The van der Waals surface area contributed by atoms with Gasteiger partial charge in [-0.25, -0.2) is 23.4 Å². The summed E-state index contributed by atoms with van der Waals surface area (Å²) in [4.78, 5) is 15.7. The molecule has 0 amide bonds. The van der Waals surface area contributed by atoms with Crippen molar-refractivity contribution in [3.05, 3.63) is 48.2 Å². The van der Waals surface area contributed by atoms with E-state index in [4.69, 9.17) is 10.5 Å². The summed E-state index contributed by atoms with van der Waals surface area (Å²) < 4.78 is 29.5. The third-order valence-corrected chi connectivity index (χ3v) is 6.00. The van der Waals surface area contributed by atoms with Crippen molar-refractivity contribution >= 4 is 21.6 Å². The lowest BCUT2D eigenvalue weighted by Gasteiger charge is -2.27. The van der Waals surface area contributed by atoms with Crippen molar-refractivity contribution in [3.8, 4) is 28.6 Å². The number of benzene rings is 1. The Morgan fingerprint density at radius 2 is 1.87 bits per heavy atom. The molecule has 2 N–H and O–H groups in total. The first-order chi connectivity index (χ1) is 14.8. The molecule has 0 bridgehead atoms. The predicted octanol–water partition coefficient (Wildman–Crippen LogP) is 1.90. The average Bonchev–Trinajstić information content (AvgIpc) is 2.78. The smallest absolute Gasteiger partial charge is 0.226 e. The van der Waals surface area contributed by atoms with Gasteiger partial charge in [-0.05, 0) is 24.3 Å². The molecule has 31 heavy (non-hydrogen) atoms. The number of sulfone groups is 1. The molecular weight excluding hydrogens is 416 g/mol. The lowest BCUT2D eigenvalue weighted by Crippen LogP contribution is -2.37. The topological polar surface area (TPSA) is 135 Å². The molecule has 3 heterocycles. The number of nitrogens with two attached hydrogens (primary N) is 1. The zero-order valence-corrected chi connectivity index (χ0v) is 17.6. The Morgan fingerprint density at radius 3 is 2.58 bits per heavy atom. The van der Waals surface area contributed by atoms with Crippen LogP contribution in [0, 0.1) is 11.3 Å². The van der Waals surface area contributed by atoms with Gasteiger partial charge in [-0.15, -0.1) is 0 Å². The van der Waals surface area contributed by atoms with Crippen LogP contribution in [0.25, 0.3) is 22.5 Å². The van der Waals surface area contributed by atoms with E-state index in [9.17, 15) is 13.7 Å². The number of nitriles is 1. The quantitative estimate of drug-likeness (QED) is 0.650. The van der Waals surface area contributed by atoms with E-state index >= 15 is 0 Å². The Labute approximate surface area is 180 Å². The Balaban J connectivity index is 1.90. The standard InChI is InChI=1S/C21H20N6O3S/c1-31(28,29)16-4-2-3-14(9-16)18-11-19(17-13-24-20(23)10-15(17)12-22)26-21(25-18)27-5-7-30-8-6-27/h2-4,9-11,13H,5-8H2,1H3,(H2,23,24). The van der Waals surface area contributed by atoms with Crippen LogP contribution in [0.1, 0.15) is 5.56 Å². The van der Waals surface area contributed by atoms with E-state index in [1.54, 1.807) is 30.3 Å². The average molecular weight is 436 g/mol. The number of aromatic nitrogens is 3. The van der Waals surface area contributed by atoms with Gasteiger partial charge in [-0.1, -0.05) is 12.1 Å². The summed E-state index contributed by atoms with van der Waals surface area (Å²) >= 11 is 0. The number of rotatable bonds is 4. The molecule has 0 unspecified atom stereocenters. The van der Waals surface area contributed by atoms with Crippen LogP contribution in [0.2, 0.25) is 0 Å². The van der Waals surface area contributed by atoms with Crippen molar-refractivity contribution in [3.63, 3.8) is 0 Å². The summed E-state index contributed by atoms with van der Waals surface area (Å²) in [6.45, 7) is 2.35. The second-order valence-corrected chi connectivity index (χ2v) is 9.12. The number of ether oxygens (including phenoxy) is 1. The van der Waals surface area contributed by atoms with Gasteiger partial charge in [0.2, 0.25) is 5.95 Å². The molecule has 1 aliphatic rings. The largest absolute Gasteiger partial charge is 0.384 e. The summed E-state index contributed by atoms with van der Waals surface area (Å²) in [6.07, 6.45) is 2.67. The molecule has 3 aromatic rings. The van der Waals surface area contributed by atoms with Crippen molar-refractivity contribution in [1.29, 1.82) is 5.26 Å². The van der Waals surface area contributed by atoms with E-state index in [-0.39, 0.29) is 10.7 Å². The van der Waals surface area contributed by atoms with Crippen molar-refractivity contribution < 1.29 is 13.2 Å². The second-order valence-electron chi connectivity index (χ2n) is 7.10. The highest BCUT2D eigenvalue weighted by Crippen LogP contribution is 2.29. The summed E-state index contributed by atoms with van der Waals surface area (Å²) in [7, 11) is -3.38. The zero-order chi connectivity index (χ0) is 22.0. The van der Waals surface area contributed by atoms with Gasteiger partial charge in [0.05, 0.1) is 35.1 Å². The normalized spacial score (nSPS) is 14.3. The molecule has 9 nitrogen and oxygen atoms in total. The Bertz CT molecular complexity index is 1280. The molecule has 0 saturated carbocycles. The molecule has 0 aliphatic carbocycles. The lowest BCUT2D eigenvalue weighted by molar-refractivity contribution is 0.122. The zero-order valence-electron chi connectivity index (χ0n) is 16.8. The van der Waals surface area contributed by atoms with Crippen LogP contribution in [-0.4, -0.2) is 55.9 Å². The third-order valence-electron chi connectivity index (χ3n) is 4.89. The molecule has 0 radical (unpaired) electrons. The maximum absolute atomic E-state index is 12.0. The fourth-order valence-corrected chi connectivity index (χ4v) is 3.95. The van der Waals surface area contributed by atoms with Gasteiger partial charge in [-0.3, -0.25) is 0 Å². The van der Waals surface area contributed by atoms with E-state index in [0.717, 1.165) is 6.26 Å². The van der Waals surface area contributed by atoms with Crippen LogP contribution in [0.5, 0.6) is 0 Å². The summed E-state index contributed by atoms with van der Waals surface area (Å²) in [6, 6.07) is 11.9. The van der Waals surface area contributed by atoms with E-state index in [0.29, 0.717) is 60.3 Å². The van der Waals surface area contributed by atoms with Crippen molar-refractivity contribution in [2.24, 2.45) is 0 Å². The van der Waals surface area contributed by atoms with Gasteiger partial charge in [0.15, 0.2) is 9.84 Å². The maximum Gasteiger partial charge on any atom is 0.226 e. The monoisotopic (exact) mass is 436 g/mol. The van der Waals surface area contributed by atoms with E-state index < -0.39 is 9.84 Å². The molecule has 0 atom stereocenters. The number of morpholine rings is 1. The Morgan fingerprint density at radius 1 is 1.13 bits per heavy atom. The van der Waals surface area contributed by atoms with E-state index in [2.05, 4.69) is 21.0 Å². The SMILES string of the molecule is CS(=O)(=O)c1cccc(-c2cc(-c3cnc(N)cc3C#N)nc(N3CCOCC3)n2)c1. The molecule has 4 rings (SSSR count). The fourth-order valence-electron chi connectivity index (χ4n) is 3.28. The molecule has 1 saturated heterocycles. The summed E-state index contributed by atoms with van der Waals surface area (Å²) in [5, 5.41) is 9.56. The number of hydrogen-bond acceptors (Lipinski definition) is 9. The summed E-state index contributed by atoms with van der Waals surface area (Å²) in [5.74, 6) is 0.713. The first-order valence-corrected chi connectivity index (χ1v) is 11.4. The molecule has 158 valence electrons. The lowest BCUT2D eigenvalue weighted by atomic mass is 10.1. The van der Waals surface area contributed by atoms with Crippen molar-refractivity contribution in [2.75, 3.05) is 43.2 Å². The highest BCUT2D eigenvalue weighted by Gasteiger charge is 2.19. The van der Waals surface area contributed by atoms with Crippen LogP contribution in [0.15, 0.2) is 47.5 Å². The minimum atomic E-state index is -3.38. The molecule has 1 fully saturated rings. The first kappa shape index (κ1) is 20.7. The molecule has 1 aromatic carbocycles. The van der Waals surface area contributed by atoms with Gasteiger partial charge >= 0.3 is 0 Å². The van der Waals surface area contributed by atoms with Gasteiger partial charge in [0.25, 0.3) is 0 Å². The van der Waals surface area contributed by atoms with Crippen molar-refractivity contribution in [2.45, 2.75) is 4.90 Å². The molecule has 10 heteroatoms. The fraction of sp³-hybridized carbons (Fsp3) is 0.238. The molecular formula is C21H20N6O3S. The van der Waals surface area contributed by atoms with Gasteiger partial charge in [0, 0.05) is 36.7 Å². The number of anilines is 2. The van der Waals surface area contributed by atoms with Crippen LogP contribution in [-0.2, 0) is 14.6 Å². The van der Waals surface area contributed by atoms with Gasteiger partial charge in [-0.2, -0.15) is 5.26 Å². The van der Waals surface area contributed by atoms with Crippen LogP contribution >= 0.6 is 0 Å².